The van der Waals surface area contributed by atoms with Crippen molar-refractivity contribution in [2.45, 2.75) is 26.2 Å². The maximum atomic E-state index is 11.0. The zero-order chi connectivity index (χ0) is 11.1. The summed E-state index contributed by atoms with van der Waals surface area (Å²) in [4.78, 5) is 11.0. The molecule has 1 atom stereocenters. The van der Waals surface area contributed by atoms with Gasteiger partial charge in [0.05, 0.1) is 0 Å². The Morgan fingerprint density at radius 2 is 2.07 bits per heavy atom. The Bertz CT molecular complexity index is 297. The molecule has 0 aliphatic carbocycles. The van der Waals surface area contributed by atoms with Crippen molar-refractivity contribution in [3.63, 3.8) is 0 Å². The molecule has 4 heteroatoms. The lowest BCUT2D eigenvalue weighted by Gasteiger charge is -2.09. The van der Waals surface area contributed by atoms with Crippen molar-refractivity contribution >= 4 is 6.16 Å². The van der Waals surface area contributed by atoms with Crippen LogP contribution in [0.1, 0.15) is 18.9 Å². The highest BCUT2D eigenvalue weighted by Gasteiger charge is 2.09. The van der Waals surface area contributed by atoms with Crippen LogP contribution in [0.2, 0.25) is 0 Å². The second-order valence-electron chi connectivity index (χ2n) is 3.01. The zero-order valence-corrected chi connectivity index (χ0v) is 8.55. The molecule has 82 valence electrons. The van der Waals surface area contributed by atoms with Crippen LogP contribution in [0.5, 0.6) is 0 Å². The van der Waals surface area contributed by atoms with Crippen LogP contribution < -0.4 is 0 Å². The molecule has 1 unspecified atom stereocenters. The van der Waals surface area contributed by atoms with Crippen molar-refractivity contribution < 1.29 is 19.4 Å². The predicted molar refractivity (Wildman–Crippen MR) is 54.0 cm³/mol. The predicted octanol–water partition coefficient (Wildman–Crippen LogP) is 2.07. The lowest BCUT2D eigenvalue weighted by molar-refractivity contribution is -0.0829. The Hall–Kier alpha value is -1.55. The largest absolute Gasteiger partial charge is 0.510 e. The molecule has 0 saturated carbocycles. The van der Waals surface area contributed by atoms with Gasteiger partial charge in [-0.15, -0.1) is 0 Å². The molecule has 1 rings (SSSR count). The van der Waals surface area contributed by atoms with E-state index in [1.54, 1.807) is 6.92 Å². The monoisotopic (exact) mass is 210 g/mol. The molecule has 4 nitrogen and oxygen atoms in total. The lowest BCUT2D eigenvalue weighted by atomic mass is 10.2. The molecule has 1 aromatic rings. The average Bonchev–Trinajstić information content (AvgIpc) is 2.27. The minimum Gasteiger partial charge on any atom is -0.429 e. The van der Waals surface area contributed by atoms with Crippen LogP contribution in [0.25, 0.3) is 0 Å². The van der Waals surface area contributed by atoms with E-state index in [0.29, 0.717) is 6.42 Å². The van der Waals surface area contributed by atoms with E-state index in [4.69, 9.17) is 9.84 Å². The minimum atomic E-state index is -1.09. The van der Waals surface area contributed by atoms with Crippen molar-refractivity contribution in [1.82, 2.24) is 0 Å². The van der Waals surface area contributed by atoms with Gasteiger partial charge >= 0.3 is 6.16 Å². The van der Waals surface area contributed by atoms with E-state index in [1.165, 1.54) is 0 Å². The molecule has 1 N–H and O–H groups in total. The minimum absolute atomic E-state index is 0.149. The average molecular weight is 210 g/mol. The van der Waals surface area contributed by atoms with Gasteiger partial charge in [0, 0.05) is 6.42 Å². The number of carbonyl (C=O) groups is 1. The lowest BCUT2D eigenvalue weighted by Crippen LogP contribution is -2.17. The van der Waals surface area contributed by atoms with E-state index in [9.17, 15) is 4.79 Å². The van der Waals surface area contributed by atoms with E-state index in [-0.39, 0.29) is 6.61 Å². The molecule has 0 saturated heterocycles. The summed E-state index contributed by atoms with van der Waals surface area (Å²) in [6, 6.07) is 9.26. The molecule has 0 heterocycles. The fraction of sp³-hybridized carbons (Fsp3) is 0.364. The van der Waals surface area contributed by atoms with Crippen molar-refractivity contribution in [2.75, 3.05) is 0 Å². The van der Waals surface area contributed by atoms with E-state index < -0.39 is 12.4 Å². The fourth-order valence-electron chi connectivity index (χ4n) is 0.945. The second kappa shape index (κ2) is 6.03. The van der Waals surface area contributed by atoms with Gasteiger partial charge in [-0.1, -0.05) is 37.3 Å². The summed E-state index contributed by atoms with van der Waals surface area (Å²) in [5.41, 5.74) is 0.875. The van der Waals surface area contributed by atoms with Crippen molar-refractivity contribution in [1.29, 1.82) is 0 Å². The molecule has 15 heavy (non-hydrogen) atoms. The standard InChI is InChI=1S/C11H14O4/c1-2-10(12)15-11(13)14-8-9-6-4-3-5-7-9/h3-7,10,12H,2,8H2,1H3. The Morgan fingerprint density at radius 3 is 2.67 bits per heavy atom. The normalized spacial score (nSPS) is 11.9. The summed E-state index contributed by atoms with van der Waals surface area (Å²) < 4.78 is 9.30. The number of hydrogen-bond acceptors (Lipinski definition) is 4. The summed E-state index contributed by atoms with van der Waals surface area (Å²) in [6.45, 7) is 1.85. The van der Waals surface area contributed by atoms with Gasteiger partial charge in [0.25, 0.3) is 0 Å². The molecule has 0 aliphatic rings. The highest BCUT2D eigenvalue weighted by molar-refractivity contribution is 5.59. The third kappa shape index (κ3) is 4.46. The first-order chi connectivity index (χ1) is 7.22. The van der Waals surface area contributed by atoms with Crippen molar-refractivity contribution in [3.05, 3.63) is 35.9 Å². The van der Waals surface area contributed by atoms with Gasteiger partial charge < -0.3 is 14.6 Å². The summed E-state index contributed by atoms with van der Waals surface area (Å²) in [7, 11) is 0. The van der Waals surface area contributed by atoms with Gasteiger partial charge in [0.15, 0.2) is 0 Å². The molecular formula is C11H14O4. The fourth-order valence-corrected chi connectivity index (χ4v) is 0.945. The van der Waals surface area contributed by atoms with Gasteiger partial charge in [-0.3, -0.25) is 0 Å². The molecule has 0 spiro atoms. The van der Waals surface area contributed by atoms with E-state index >= 15 is 0 Å². The highest BCUT2D eigenvalue weighted by Crippen LogP contribution is 2.03. The number of rotatable bonds is 4. The number of aliphatic hydroxyl groups excluding tert-OH is 1. The van der Waals surface area contributed by atoms with Crippen LogP contribution >= 0.6 is 0 Å². The first-order valence-corrected chi connectivity index (χ1v) is 4.77. The van der Waals surface area contributed by atoms with Crippen LogP contribution in [-0.2, 0) is 16.1 Å². The molecular weight excluding hydrogens is 196 g/mol. The number of hydrogen-bond donors (Lipinski definition) is 1. The Labute approximate surface area is 88.4 Å². The maximum absolute atomic E-state index is 11.0. The van der Waals surface area contributed by atoms with Crippen LogP contribution in [0.3, 0.4) is 0 Å². The number of benzene rings is 1. The Kier molecular flexibility index (Phi) is 4.63. The van der Waals surface area contributed by atoms with E-state index in [0.717, 1.165) is 5.56 Å². The van der Waals surface area contributed by atoms with E-state index in [2.05, 4.69) is 4.74 Å². The smallest absolute Gasteiger partial charge is 0.429 e. The number of carbonyl (C=O) groups excluding carboxylic acids is 1. The molecule has 0 bridgehead atoms. The quantitative estimate of drug-likeness (QED) is 0.610. The number of aliphatic hydroxyl groups is 1. The summed E-state index contributed by atoms with van der Waals surface area (Å²) in [6.07, 6.45) is -1.60. The SMILES string of the molecule is CCC(O)OC(=O)OCc1ccccc1. The van der Waals surface area contributed by atoms with Crippen LogP contribution in [-0.4, -0.2) is 17.6 Å². The molecule has 0 fully saturated rings. The summed E-state index contributed by atoms with van der Waals surface area (Å²) in [5, 5.41) is 9.00. The van der Waals surface area contributed by atoms with Crippen LogP contribution in [0.4, 0.5) is 4.79 Å². The molecule has 0 amide bonds. The zero-order valence-electron chi connectivity index (χ0n) is 8.55. The Morgan fingerprint density at radius 1 is 1.40 bits per heavy atom. The van der Waals surface area contributed by atoms with Crippen molar-refractivity contribution in [2.24, 2.45) is 0 Å². The highest BCUT2D eigenvalue weighted by atomic mass is 16.8. The van der Waals surface area contributed by atoms with Gasteiger partial charge in [-0.2, -0.15) is 0 Å². The summed E-state index contributed by atoms with van der Waals surface area (Å²) >= 11 is 0. The van der Waals surface area contributed by atoms with Gasteiger partial charge in [-0.25, -0.2) is 4.79 Å². The van der Waals surface area contributed by atoms with Gasteiger partial charge in [-0.05, 0) is 5.56 Å². The van der Waals surface area contributed by atoms with Gasteiger partial charge in [0.2, 0.25) is 6.29 Å². The molecule has 0 aromatic heterocycles. The maximum Gasteiger partial charge on any atom is 0.510 e. The van der Waals surface area contributed by atoms with Crippen LogP contribution in [0.15, 0.2) is 30.3 Å². The third-order valence-electron chi connectivity index (χ3n) is 1.78. The third-order valence-corrected chi connectivity index (χ3v) is 1.78. The number of ether oxygens (including phenoxy) is 2. The summed E-state index contributed by atoms with van der Waals surface area (Å²) in [5.74, 6) is 0. The van der Waals surface area contributed by atoms with Gasteiger partial charge in [0.1, 0.15) is 6.61 Å². The van der Waals surface area contributed by atoms with E-state index in [1.807, 2.05) is 30.3 Å². The molecule has 1 aromatic carbocycles. The first-order valence-electron chi connectivity index (χ1n) is 4.77. The topological polar surface area (TPSA) is 55.8 Å². The second-order valence-corrected chi connectivity index (χ2v) is 3.01. The van der Waals surface area contributed by atoms with Crippen molar-refractivity contribution in [3.8, 4) is 0 Å². The first kappa shape index (κ1) is 11.5. The van der Waals surface area contributed by atoms with Crippen LogP contribution in [0, 0.1) is 0 Å². The molecule has 0 aliphatic heterocycles. The Balaban J connectivity index is 2.29. The molecule has 0 radical (unpaired) electrons.